The van der Waals surface area contributed by atoms with Crippen molar-refractivity contribution in [3.05, 3.63) is 95.8 Å². The Morgan fingerprint density at radius 3 is 2.40 bits per heavy atom. The third-order valence-electron chi connectivity index (χ3n) is 5.82. The third kappa shape index (κ3) is 6.32. The van der Waals surface area contributed by atoms with E-state index in [1.807, 2.05) is 29.2 Å². The summed E-state index contributed by atoms with van der Waals surface area (Å²) >= 11 is 0. The van der Waals surface area contributed by atoms with Gasteiger partial charge < -0.3 is 21.5 Å². The molecule has 2 amide bonds. The lowest BCUT2D eigenvalue weighted by molar-refractivity contribution is -0.121. The van der Waals surface area contributed by atoms with E-state index < -0.39 is 12.1 Å². The molecule has 35 heavy (non-hydrogen) atoms. The van der Waals surface area contributed by atoms with Crippen LogP contribution < -0.4 is 16.4 Å². The van der Waals surface area contributed by atoms with E-state index in [9.17, 15) is 19.1 Å². The van der Waals surface area contributed by atoms with Gasteiger partial charge in [0.15, 0.2) is 0 Å². The monoisotopic (exact) mass is 474 g/mol. The van der Waals surface area contributed by atoms with E-state index >= 15 is 0 Å². The summed E-state index contributed by atoms with van der Waals surface area (Å²) in [5, 5.41) is 15.6. The SMILES string of the molecule is Nc1ccccc1NC(=O)/C=C/c1ccc(C(C(=O)Nc2ccc(F)cc2)N2CC[C@H](O)C2)cc1. The molecule has 1 fully saturated rings. The molecule has 2 atom stereocenters. The maximum atomic E-state index is 13.2. The number of amides is 2. The number of anilines is 3. The topological polar surface area (TPSA) is 108 Å². The van der Waals surface area contributed by atoms with Crippen LogP contribution in [-0.2, 0) is 9.59 Å². The lowest BCUT2D eigenvalue weighted by Crippen LogP contribution is -2.36. The highest BCUT2D eigenvalue weighted by molar-refractivity contribution is 6.03. The fraction of sp³-hybridized carbons (Fsp3) is 0.185. The van der Waals surface area contributed by atoms with Crippen molar-refractivity contribution < 1.29 is 19.1 Å². The zero-order valence-corrected chi connectivity index (χ0v) is 19.0. The van der Waals surface area contributed by atoms with E-state index in [4.69, 9.17) is 5.73 Å². The van der Waals surface area contributed by atoms with Gasteiger partial charge >= 0.3 is 0 Å². The number of carbonyl (C=O) groups is 2. The Labute approximate surface area is 203 Å². The molecule has 0 spiro atoms. The predicted octanol–water partition coefficient (Wildman–Crippen LogP) is 3.81. The second-order valence-electron chi connectivity index (χ2n) is 8.41. The van der Waals surface area contributed by atoms with Crippen molar-refractivity contribution in [2.45, 2.75) is 18.6 Å². The number of hydrogen-bond acceptors (Lipinski definition) is 5. The molecule has 1 aliphatic rings. The Morgan fingerprint density at radius 1 is 1.03 bits per heavy atom. The lowest BCUT2D eigenvalue weighted by Gasteiger charge is -2.27. The normalized spacial score (nSPS) is 16.8. The van der Waals surface area contributed by atoms with E-state index in [-0.39, 0.29) is 17.6 Å². The second kappa shape index (κ2) is 10.9. The van der Waals surface area contributed by atoms with Gasteiger partial charge in [-0.2, -0.15) is 0 Å². The number of hydrogen-bond donors (Lipinski definition) is 4. The Morgan fingerprint density at radius 2 is 1.74 bits per heavy atom. The van der Waals surface area contributed by atoms with Crippen LogP contribution in [0.2, 0.25) is 0 Å². The molecule has 7 nitrogen and oxygen atoms in total. The maximum absolute atomic E-state index is 13.2. The summed E-state index contributed by atoms with van der Waals surface area (Å²) in [4.78, 5) is 27.4. The smallest absolute Gasteiger partial charge is 0.248 e. The highest BCUT2D eigenvalue weighted by Gasteiger charge is 2.33. The number of halogens is 1. The first-order valence-corrected chi connectivity index (χ1v) is 11.3. The molecular weight excluding hydrogens is 447 g/mol. The van der Waals surface area contributed by atoms with Crippen LogP contribution in [-0.4, -0.2) is 41.0 Å². The molecule has 8 heteroatoms. The van der Waals surface area contributed by atoms with Crippen molar-refractivity contribution >= 4 is 35.0 Å². The van der Waals surface area contributed by atoms with Crippen molar-refractivity contribution in [3.63, 3.8) is 0 Å². The van der Waals surface area contributed by atoms with Gasteiger partial charge in [0, 0.05) is 24.9 Å². The molecular formula is C27H27FN4O3. The van der Waals surface area contributed by atoms with Crippen LogP contribution in [0.5, 0.6) is 0 Å². The summed E-state index contributed by atoms with van der Waals surface area (Å²) in [5.41, 5.74) is 8.90. The van der Waals surface area contributed by atoms with E-state index in [0.717, 1.165) is 11.1 Å². The fourth-order valence-corrected chi connectivity index (χ4v) is 4.02. The van der Waals surface area contributed by atoms with Gasteiger partial charge in [-0.15, -0.1) is 0 Å². The Bertz CT molecular complexity index is 1210. The highest BCUT2D eigenvalue weighted by atomic mass is 19.1. The average molecular weight is 475 g/mol. The molecule has 0 aromatic heterocycles. The summed E-state index contributed by atoms with van der Waals surface area (Å²) in [7, 11) is 0. The van der Waals surface area contributed by atoms with Crippen molar-refractivity contribution in [2.24, 2.45) is 0 Å². The number of carbonyl (C=O) groups excluding carboxylic acids is 2. The van der Waals surface area contributed by atoms with Crippen molar-refractivity contribution in [3.8, 4) is 0 Å². The summed E-state index contributed by atoms with van der Waals surface area (Å²) in [6, 6.07) is 19.3. The van der Waals surface area contributed by atoms with Crippen LogP contribution in [0.1, 0.15) is 23.6 Å². The number of aliphatic hydroxyl groups is 1. The summed E-state index contributed by atoms with van der Waals surface area (Å²) < 4.78 is 13.2. The first kappa shape index (κ1) is 24.1. The summed E-state index contributed by atoms with van der Waals surface area (Å²) in [6.07, 6.45) is 3.18. The fourth-order valence-electron chi connectivity index (χ4n) is 4.02. The maximum Gasteiger partial charge on any atom is 0.248 e. The van der Waals surface area contributed by atoms with Gasteiger partial charge in [-0.25, -0.2) is 4.39 Å². The largest absolute Gasteiger partial charge is 0.397 e. The zero-order valence-electron chi connectivity index (χ0n) is 19.0. The first-order valence-electron chi connectivity index (χ1n) is 11.3. The molecule has 0 bridgehead atoms. The number of para-hydroxylation sites is 2. The van der Waals surface area contributed by atoms with Crippen LogP contribution >= 0.6 is 0 Å². The predicted molar refractivity (Wildman–Crippen MR) is 135 cm³/mol. The first-order chi connectivity index (χ1) is 16.9. The molecule has 0 radical (unpaired) electrons. The van der Waals surface area contributed by atoms with E-state index in [1.54, 1.807) is 30.3 Å². The Kier molecular flexibility index (Phi) is 7.54. The minimum absolute atomic E-state index is 0.270. The van der Waals surface area contributed by atoms with Gasteiger partial charge in [-0.05, 0) is 60.0 Å². The van der Waals surface area contributed by atoms with Crippen LogP contribution in [0, 0.1) is 5.82 Å². The molecule has 5 N–H and O–H groups in total. The average Bonchev–Trinajstić information content (AvgIpc) is 3.27. The van der Waals surface area contributed by atoms with Gasteiger partial charge in [-0.3, -0.25) is 14.5 Å². The van der Waals surface area contributed by atoms with Gasteiger partial charge in [0.05, 0.1) is 17.5 Å². The molecule has 1 heterocycles. The van der Waals surface area contributed by atoms with Crippen LogP contribution in [0.4, 0.5) is 21.5 Å². The van der Waals surface area contributed by atoms with Crippen molar-refractivity contribution in [1.82, 2.24) is 4.90 Å². The van der Waals surface area contributed by atoms with Gasteiger partial charge in [0.25, 0.3) is 0 Å². The lowest BCUT2D eigenvalue weighted by atomic mass is 10.0. The Hall–Kier alpha value is -4.01. The van der Waals surface area contributed by atoms with Gasteiger partial charge in [0.1, 0.15) is 11.9 Å². The standard InChI is InChI=1S/C27H27FN4O3/c28-20-10-12-21(13-11-20)30-27(35)26(32-16-15-22(33)17-32)19-8-5-18(6-9-19)7-14-25(34)31-24-4-2-1-3-23(24)29/h1-14,22,26,33H,15-17,29H2,(H,30,35)(H,31,34)/b14-7+/t22-,26?/m0/s1. The third-order valence-corrected chi connectivity index (χ3v) is 5.82. The molecule has 0 saturated carbocycles. The van der Waals surface area contributed by atoms with Crippen LogP contribution in [0.3, 0.4) is 0 Å². The number of nitrogen functional groups attached to an aromatic ring is 1. The number of aliphatic hydroxyl groups excluding tert-OH is 1. The highest BCUT2D eigenvalue weighted by Crippen LogP contribution is 2.27. The van der Waals surface area contributed by atoms with Crippen LogP contribution in [0.25, 0.3) is 6.08 Å². The van der Waals surface area contributed by atoms with Crippen molar-refractivity contribution in [2.75, 3.05) is 29.5 Å². The van der Waals surface area contributed by atoms with Crippen molar-refractivity contribution in [1.29, 1.82) is 0 Å². The minimum atomic E-state index is -0.625. The second-order valence-corrected chi connectivity index (χ2v) is 8.41. The minimum Gasteiger partial charge on any atom is -0.397 e. The van der Waals surface area contributed by atoms with E-state index in [2.05, 4.69) is 10.6 Å². The van der Waals surface area contributed by atoms with Gasteiger partial charge in [0.2, 0.25) is 11.8 Å². The van der Waals surface area contributed by atoms with E-state index in [0.29, 0.717) is 36.6 Å². The number of rotatable bonds is 7. The zero-order chi connectivity index (χ0) is 24.8. The molecule has 4 rings (SSSR count). The summed E-state index contributed by atoms with van der Waals surface area (Å²) in [6.45, 7) is 0.957. The number of nitrogens with zero attached hydrogens (tertiary/aromatic N) is 1. The number of nitrogens with one attached hydrogen (secondary N) is 2. The molecule has 3 aromatic rings. The quantitative estimate of drug-likeness (QED) is 0.308. The number of benzene rings is 3. The molecule has 3 aromatic carbocycles. The molecule has 0 aliphatic carbocycles. The molecule has 180 valence electrons. The van der Waals surface area contributed by atoms with E-state index in [1.165, 1.54) is 30.3 Å². The number of β-amino-alcohol motifs (C(OH)–C–C–N with tert-alkyl or cyclic N) is 1. The Balaban J connectivity index is 1.47. The number of nitrogens with two attached hydrogens (primary N) is 1. The van der Waals surface area contributed by atoms with Gasteiger partial charge in [-0.1, -0.05) is 36.4 Å². The van der Waals surface area contributed by atoms with Crippen LogP contribution in [0.15, 0.2) is 78.9 Å². The number of likely N-dealkylation sites (tertiary alicyclic amines) is 1. The molecule has 1 unspecified atom stereocenters. The molecule has 1 aliphatic heterocycles. The molecule has 1 saturated heterocycles. The summed E-state index contributed by atoms with van der Waals surface area (Å²) in [5.74, 6) is -0.963.